The third kappa shape index (κ3) is 8.81. The molecule has 0 spiro atoms. The first-order valence-corrected chi connectivity index (χ1v) is 6.40. The van der Waals surface area contributed by atoms with Crippen LogP contribution in [-0.2, 0) is 4.74 Å². The minimum absolute atomic E-state index is 0.122. The van der Waals surface area contributed by atoms with E-state index in [0.717, 1.165) is 12.8 Å². The van der Waals surface area contributed by atoms with Crippen molar-refractivity contribution in [1.82, 2.24) is 0 Å². The molecule has 0 unspecified atom stereocenters. The molecule has 0 aromatic rings. The van der Waals surface area contributed by atoms with Gasteiger partial charge in [0.15, 0.2) is 0 Å². The first-order chi connectivity index (χ1) is 8.26. The van der Waals surface area contributed by atoms with Gasteiger partial charge in [0.1, 0.15) is 0 Å². The summed E-state index contributed by atoms with van der Waals surface area (Å²) in [6.45, 7) is 2.20. The fourth-order valence-corrected chi connectivity index (χ4v) is 1.75. The van der Waals surface area contributed by atoms with Gasteiger partial charge in [-0.05, 0) is 18.3 Å². The van der Waals surface area contributed by atoms with E-state index in [4.69, 9.17) is 11.2 Å². The number of unbranched alkanes of at least 4 members (excludes halogenated alkanes) is 4. The second-order valence-electron chi connectivity index (χ2n) is 4.19. The maximum Gasteiger partial charge on any atom is 0.0910 e. The van der Waals surface area contributed by atoms with Crippen molar-refractivity contribution in [2.75, 3.05) is 7.11 Å². The van der Waals surface area contributed by atoms with Gasteiger partial charge in [-0.3, -0.25) is 0 Å². The lowest BCUT2D eigenvalue weighted by Gasteiger charge is -2.19. The summed E-state index contributed by atoms with van der Waals surface area (Å²) in [6, 6.07) is 0. The van der Waals surface area contributed by atoms with Crippen molar-refractivity contribution >= 4 is 0 Å². The van der Waals surface area contributed by atoms with Crippen molar-refractivity contribution in [3.05, 3.63) is 0 Å². The molecule has 0 aliphatic carbocycles. The quantitative estimate of drug-likeness (QED) is 0.493. The molecule has 2 atom stereocenters. The highest BCUT2D eigenvalue weighted by atomic mass is 16.5. The van der Waals surface area contributed by atoms with Crippen LogP contribution in [0, 0.1) is 24.2 Å². The fourth-order valence-electron chi connectivity index (χ4n) is 1.75. The zero-order chi connectivity index (χ0) is 12.9. The number of aliphatic hydroxyl groups is 1. The van der Waals surface area contributed by atoms with Crippen LogP contribution in [-0.4, -0.2) is 24.4 Å². The minimum Gasteiger partial charge on any atom is -0.389 e. The van der Waals surface area contributed by atoms with Gasteiger partial charge in [-0.25, -0.2) is 0 Å². The zero-order valence-electron chi connectivity index (χ0n) is 11.0. The van der Waals surface area contributed by atoms with Crippen LogP contribution in [0.25, 0.3) is 0 Å². The minimum atomic E-state index is -0.535. The maximum atomic E-state index is 9.84. The molecule has 0 heterocycles. The number of hydrogen-bond donors (Lipinski definition) is 1. The normalized spacial score (nSPS) is 13.3. The summed E-state index contributed by atoms with van der Waals surface area (Å²) in [5.74, 6) is 7.48. The Balaban J connectivity index is 3.77. The van der Waals surface area contributed by atoms with Crippen molar-refractivity contribution in [3.8, 4) is 24.2 Å². The third-order valence-electron chi connectivity index (χ3n) is 2.80. The predicted molar refractivity (Wildman–Crippen MR) is 71.4 cm³/mol. The second kappa shape index (κ2) is 11.5. The van der Waals surface area contributed by atoms with Crippen LogP contribution in [0.2, 0.25) is 0 Å². The molecule has 17 heavy (non-hydrogen) atoms. The van der Waals surface area contributed by atoms with Gasteiger partial charge in [0.05, 0.1) is 12.2 Å². The van der Waals surface area contributed by atoms with E-state index >= 15 is 0 Å². The summed E-state index contributed by atoms with van der Waals surface area (Å²) in [6.07, 6.45) is 11.7. The van der Waals surface area contributed by atoms with Gasteiger partial charge in [0, 0.05) is 13.5 Å². The Morgan fingerprint density at radius 1 is 1.24 bits per heavy atom. The molecule has 0 bridgehead atoms. The van der Waals surface area contributed by atoms with Crippen molar-refractivity contribution in [2.24, 2.45) is 0 Å². The Labute approximate surface area is 106 Å². The standard InChI is InChI=1S/C15H24O2/c1-4-6-8-9-11-13-15(17-3)14(16)12-10-7-5-2/h2,14-16H,4,6,8-9,11-13H2,1,3H3/t14-,15-/m0/s1. The lowest BCUT2D eigenvalue weighted by Crippen LogP contribution is -2.27. The van der Waals surface area contributed by atoms with Gasteiger partial charge in [-0.15, -0.1) is 6.42 Å². The summed E-state index contributed by atoms with van der Waals surface area (Å²) in [5, 5.41) is 9.84. The van der Waals surface area contributed by atoms with E-state index in [9.17, 15) is 5.11 Å². The molecular formula is C15H24O2. The summed E-state index contributed by atoms with van der Waals surface area (Å²) in [7, 11) is 1.63. The molecular weight excluding hydrogens is 212 g/mol. The molecule has 0 amide bonds. The van der Waals surface area contributed by atoms with Crippen molar-refractivity contribution in [2.45, 2.75) is 64.1 Å². The van der Waals surface area contributed by atoms with Gasteiger partial charge in [-0.2, -0.15) is 0 Å². The van der Waals surface area contributed by atoms with E-state index in [0.29, 0.717) is 6.42 Å². The number of terminal acetylenes is 1. The summed E-state index contributed by atoms with van der Waals surface area (Å²) in [4.78, 5) is 0. The Kier molecular flexibility index (Phi) is 10.9. The second-order valence-corrected chi connectivity index (χ2v) is 4.19. The van der Waals surface area contributed by atoms with Gasteiger partial charge >= 0.3 is 0 Å². The Hall–Kier alpha value is -0.960. The van der Waals surface area contributed by atoms with E-state index in [1.165, 1.54) is 25.7 Å². The number of methoxy groups -OCH3 is 1. The molecule has 96 valence electrons. The van der Waals surface area contributed by atoms with Crippen LogP contribution >= 0.6 is 0 Å². The Morgan fingerprint density at radius 3 is 2.53 bits per heavy atom. The van der Waals surface area contributed by atoms with Crippen molar-refractivity contribution in [1.29, 1.82) is 0 Å². The van der Waals surface area contributed by atoms with Crippen LogP contribution < -0.4 is 0 Å². The van der Waals surface area contributed by atoms with Crippen LogP contribution in [0.1, 0.15) is 51.9 Å². The summed E-state index contributed by atoms with van der Waals surface area (Å²) >= 11 is 0. The SMILES string of the molecule is C#CC#CC[C@H](O)[C@H](CCCCCCC)OC. The molecule has 2 heteroatoms. The van der Waals surface area contributed by atoms with E-state index < -0.39 is 6.10 Å². The fraction of sp³-hybridized carbons (Fsp3) is 0.733. The highest BCUT2D eigenvalue weighted by Crippen LogP contribution is 2.13. The molecule has 2 nitrogen and oxygen atoms in total. The number of aliphatic hydroxyl groups excluding tert-OH is 1. The summed E-state index contributed by atoms with van der Waals surface area (Å²) < 4.78 is 5.28. The number of ether oxygens (including phenoxy) is 1. The highest BCUT2D eigenvalue weighted by Gasteiger charge is 2.16. The summed E-state index contributed by atoms with van der Waals surface area (Å²) in [5.41, 5.74) is 0. The first-order valence-electron chi connectivity index (χ1n) is 6.40. The van der Waals surface area contributed by atoms with Crippen LogP contribution in [0.15, 0.2) is 0 Å². The molecule has 0 aromatic heterocycles. The lowest BCUT2D eigenvalue weighted by atomic mass is 10.0. The smallest absolute Gasteiger partial charge is 0.0910 e. The van der Waals surface area contributed by atoms with Crippen LogP contribution in [0.3, 0.4) is 0 Å². The maximum absolute atomic E-state index is 9.84. The largest absolute Gasteiger partial charge is 0.389 e. The van der Waals surface area contributed by atoms with Crippen molar-refractivity contribution in [3.63, 3.8) is 0 Å². The average molecular weight is 236 g/mol. The van der Waals surface area contributed by atoms with E-state index in [1.54, 1.807) is 7.11 Å². The lowest BCUT2D eigenvalue weighted by molar-refractivity contribution is -0.0146. The molecule has 1 N–H and O–H groups in total. The number of rotatable bonds is 9. The van der Waals surface area contributed by atoms with Gasteiger partial charge in [-0.1, -0.05) is 44.9 Å². The monoisotopic (exact) mass is 236 g/mol. The van der Waals surface area contributed by atoms with E-state index in [2.05, 4.69) is 24.7 Å². The molecule has 0 aliphatic heterocycles. The molecule has 0 rings (SSSR count). The van der Waals surface area contributed by atoms with E-state index in [-0.39, 0.29) is 6.10 Å². The molecule has 0 saturated carbocycles. The van der Waals surface area contributed by atoms with Gasteiger partial charge < -0.3 is 9.84 Å². The van der Waals surface area contributed by atoms with Crippen LogP contribution in [0.4, 0.5) is 0 Å². The average Bonchev–Trinajstić information content (AvgIpc) is 2.34. The van der Waals surface area contributed by atoms with Crippen LogP contribution in [0.5, 0.6) is 0 Å². The topological polar surface area (TPSA) is 29.5 Å². The van der Waals surface area contributed by atoms with Gasteiger partial charge in [0.2, 0.25) is 0 Å². The molecule has 0 radical (unpaired) electrons. The van der Waals surface area contributed by atoms with E-state index in [1.807, 2.05) is 0 Å². The Bertz CT molecular complexity index is 267. The van der Waals surface area contributed by atoms with Gasteiger partial charge in [0.25, 0.3) is 0 Å². The van der Waals surface area contributed by atoms with Crippen molar-refractivity contribution < 1.29 is 9.84 Å². The highest BCUT2D eigenvalue weighted by molar-refractivity contribution is 5.21. The molecule has 0 fully saturated rings. The number of hydrogen-bond acceptors (Lipinski definition) is 2. The molecule has 0 aromatic carbocycles. The third-order valence-corrected chi connectivity index (χ3v) is 2.80. The Morgan fingerprint density at radius 2 is 1.94 bits per heavy atom. The first kappa shape index (κ1) is 16.0. The zero-order valence-corrected chi connectivity index (χ0v) is 11.0. The molecule has 0 saturated heterocycles. The molecule has 0 aliphatic rings. The predicted octanol–water partition coefficient (Wildman–Crippen LogP) is 2.75.